The maximum atomic E-state index is 10.4. The van der Waals surface area contributed by atoms with Gasteiger partial charge in [-0.1, -0.05) is 0 Å². The molecule has 0 saturated heterocycles. The molecule has 0 aliphatic carbocycles. The molecule has 0 N–H and O–H groups in total. The molecule has 0 spiro atoms. The van der Waals surface area contributed by atoms with Crippen molar-refractivity contribution in [3.63, 3.8) is 0 Å². The third-order valence-electron chi connectivity index (χ3n) is 1.22. The van der Waals surface area contributed by atoms with Crippen molar-refractivity contribution in [1.29, 1.82) is 0 Å². The van der Waals surface area contributed by atoms with Crippen LogP contribution in [0.2, 0.25) is 0 Å². The first-order valence-electron chi connectivity index (χ1n) is 2.59. The molecule has 0 amide bonds. The van der Waals surface area contributed by atoms with Crippen LogP contribution in [0.25, 0.3) is 0 Å². The van der Waals surface area contributed by atoms with E-state index in [0.29, 0.717) is 0 Å². The Balaban J connectivity index is 3.99. The molecule has 0 unspecified atom stereocenters. The van der Waals surface area contributed by atoms with Crippen LogP contribution in [0, 0.1) is 0 Å². The van der Waals surface area contributed by atoms with Gasteiger partial charge < -0.3 is 0 Å². The average molecular weight is 137 g/mol. The summed E-state index contributed by atoms with van der Waals surface area (Å²) in [7, 11) is -4.85. The second-order valence-corrected chi connectivity index (χ2v) is 5.56. The molecule has 0 radical (unpaired) electrons. The van der Waals surface area contributed by atoms with Crippen LogP contribution >= 0.6 is 7.28 Å². The zero-order chi connectivity index (χ0) is 6.86. The fourth-order valence-electron chi connectivity index (χ4n) is 0.224. The monoisotopic (exact) mass is 137 g/mol. The van der Waals surface area contributed by atoms with Crippen molar-refractivity contribution in [1.82, 2.24) is 0 Å². The molecule has 0 atom stereocenters. The average Bonchev–Trinajstić information content (AvgIpc) is 1.68. The molecule has 0 bridgehead atoms. The van der Waals surface area contributed by atoms with Gasteiger partial charge in [-0.2, -0.15) is 0 Å². The Morgan fingerprint density at radius 1 is 1.00 bits per heavy atom. The van der Waals surface area contributed by atoms with E-state index in [1.807, 2.05) is 0 Å². The van der Waals surface area contributed by atoms with Gasteiger partial charge in [0.25, 0.3) is 0 Å². The van der Waals surface area contributed by atoms with Gasteiger partial charge >= 0.3 is 48.1 Å². The predicted octanol–water partition coefficient (Wildman–Crippen LogP) is -1.59. The van der Waals surface area contributed by atoms with Gasteiger partial charge in [-0.05, 0) is 0 Å². The van der Waals surface area contributed by atoms with Gasteiger partial charge in [0.1, 0.15) is 0 Å². The van der Waals surface area contributed by atoms with Crippen LogP contribution in [0.1, 0.15) is 13.8 Å². The zero-order valence-electron chi connectivity index (χ0n) is 5.09. The van der Waals surface area contributed by atoms with Crippen LogP contribution in [0.3, 0.4) is 0 Å². The Morgan fingerprint density at radius 3 is 1.25 bits per heavy atom. The molecule has 0 heterocycles. The molecule has 3 nitrogen and oxygen atoms in total. The van der Waals surface area contributed by atoms with Crippen molar-refractivity contribution in [3.05, 3.63) is 0 Å². The van der Waals surface area contributed by atoms with Crippen LogP contribution in [-0.4, -0.2) is 12.3 Å². The van der Waals surface area contributed by atoms with Crippen LogP contribution in [0.15, 0.2) is 0 Å². The van der Waals surface area contributed by atoms with E-state index in [9.17, 15) is 14.7 Å². The molecule has 0 aliphatic rings. The van der Waals surface area contributed by atoms with E-state index in [0.717, 1.165) is 0 Å². The predicted molar refractivity (Wildman–Crippen MR) is 28.0 cm³/mol. The van der Waals surface area contributed by atoms with Gasteiger partial charge in [0.05, 0.1) is 0 Å². The zero-order valence-corrected chi connectivity index (χ0v) is 5.98. The standard InChI is InChI=1S/C4H10O3P/c1-3-8(5,6,7)4-2/h3-4H2,1-2H3/q-3. The van der Waals surface area contributed by atoms with E-state index in [4.69, 9.17) is 0 Å². The number of hydrogen-bond donors (Lipinski definition) is 0. The van der Waals surface area contributed by atoms with Gasteiger partial charge in [0, 0.05) is 0 Å². The summed E-state index contributed by atoms with van der Waals surface area (Å²) in [6, 6.07) is 0. The van der Waals surface area contributed by atoms with Gasteiger partial charge in [-0.3, -0.25) is 0 Å². The second kappa shape index (κ2) is 1.92. The summed E-state index contributed by atoms with van der Waals surface area (Å²) in [5.74, 6) is 0. The molecule has 0 aromatic heterocycles. The summed E-state index contributed by atoms with van der Waals surface area (Å²) < 4.78 is 0. The third kappa shape index (κ3) is 2.58. The Kier molecular flexibility index (Phi) is 2.00. The second-order valence-electron chi connectivity index (χ2n) is 1.85. The first-order valence-corrected chi connectivity index (χ1v) is 4.95. The molecular weight excluding hydrogens is 127 g/mol. The number of rotatable bonds is 2. The topological polar surface area (TPSA) is 69.2 Å². The molecule has 0 aliphatic heterocycles. The van der Waals surface area contributed by atoms with Crippen LogP contribution in [0.5, 0.6) is 0 Å². The van der Waals surface area contributed by atoms with E-state index in [-0.39, 0.29) is 12.3 Å². The minimum absolute atomic E-state index is 0.276. The van der Waals surface area contributed by atoms with E-state index >= 15 is 0 Å². The van der Waals surface area contributed by atoms with Crippen LogP contribution in [-0.2, 0) is 0 Å². The van der Waals surface area contributed by atoms with Gasteiger partial charge in [0.15, 0.2) is 0 Å². The summed E-state index contributed by atoms with van der Waals surface area (Å²) in [5.41, 5.74) is 0. The molecular formula is C4H10O3P-3. The summed E-state index contributed by atoms with van der Waals surface area (Å²) in [4.78, 5) is 31.3. The van der Waals surface area contributed by atoms with E-state index < -0.39 is 7.28 Å². The minimum atomic E-state index is -4.85. The van der Waals surface area contributed by atoms with Crippen molar-refractivity contribution >= 4 is 7.28 Å². The molecule has 0 aromatic rings. The summed E-state index contributed by atoms with van der Waals surface area (Å²) in [6.07, 6.45) is -0.551. The van der Waals surface area contributed by atoms with Crippen molar-refractivity contribution in [3.8, 4) is 0 Å². The van der Waals surface area contributed by atoms with Crippen molar-refractivity contribution in [2.45, 2.75) is 13.8 Å². The molecule has 0 fully saturated rings. The van der Waals surface area contributed by atoms with E-state index in [1.54, 1.807) is 0 Å². The molecule has 0 rings (SSSR count). The van der Waals surface area contributed by atoms with Gasteiger partial charge in [-0.15, -0.1) is 0 Å². The number of hydrogen-bond acceptors (Lipinski definition) is 3. The van der Waals surface area contributed by atoms with E-state index in [1.165, 1.54) is 13.8 Å². The molecule has 0 aromatic carbocycles. The molecule has 8 heavy (non-hydrogen) atoms. The molecule has 52 valence electrons. The summed E-state index contributed by atoms with van der Waals surface area (Å²) >= 11 is 0. The third-order valence-corrected chi connectivity index (χ3v) is 3.67. The van der Waals surface area contributed by atoms with Gasteiger partial charge in [-0.25, -0.2) is 0 Å². The first kappa shape index (κ1) is 8.31. The summed E-state index contributed by atoms with van der Waals surface area (Å²) in [5, 5.41) is 0. The Hall–Kier alpha value is 0.310. The quantitative estimate of drug-likeness (QED) is 0.430. The van der Waals surface area contributed by atoms with Crippen molar-refractivity contribution in [2.24, 2.45) is 0 Å². The summed E-state index contributed by atoms with van der Waals surface area (Å²) in [6.45, 7) is 2.74. The first-order chi connectivity index (χ1) is 3.39. The Morgan fingerprint density at radius 2 is 1.25 bits per heavy atom. The van der Waals surface area contributed by atoms with Crippen LogP contribution in [0.4, 0.5) is 0 Å². The molecule has 0 saturated carbocycles. The van der Waals surface area contributed by atoms with Crippen LogP contribution < -0.4 is 14.7 Å². The Bertz CT molecular complexity index is 75.0. The van der Waals surface area contributed by atoms with Crippen molar-refractivity contribution in [2.75, 3.05) is 12.3 Å². The SMILES string of the molecule is CCP([O-])([O-])([O-])CC. The van der Waals surface area contributed by atoms with Gasteiger partial charge in [0.2, 0.25) is 0 Å². The fraction of sp³-hybridized carbons (Fsp3) is 1.00. The Labute approximate surface area is 49.1 Å². The normalized spacial score (nSPS) is 17.4. The van der Waals surface area contributed by atoms with E-state index in [2.05, 4.69) is 0 Å². The fourth-order valence-corrected chi connectivity index (χ4v) is 0.671. The van der Waals surface area contributed by atoms with Crippen molar-refractivity contribution < 1.29 is 14.7 Å². The molecule has 4 heteroatoms. The maximum absolute atomic E-state index is 10.4.